The van der Waals surface area contributed by atoms with Crippen LogP contribution >= 0.6 is 11.6 Å². The topological polar surface area (TPSA) is 84.5 Å². The molecule has 3 aromatic rings. The number of nitrogens with one attached hydrogen (secondary N) is 2. The van der Waals surface area contributed by atoms with Crippen molar-refractivity contribution in [3.8, 4) is 5.75 Å². The van der Waals surface area contributed by atoms with Crippen molar-refractivity contribution in [3.05, 3.63) is 87.9 Å². The van der Waals surface area contributed by atoms with Crippen molar-refractivity contribution in [3.63, 3.8) is 0 Å². The third kappa shape index (κ3) is 6.09. The van der Waals surface area contributed by atoms with Gasteiger partial charge in [-0.15, -0.1) is 0 Å². The van der Waals surface area contributed by atoms with Crippen LogP contribution in [-0.4, -0.2) is 20.9 Å². The fourth-order valence-corrected chi connectivity index (χ4v) is 4.66. The number of aryl methyl sites for hydroxylation is 3. The molecule has 0 aromatic heterocycles. The third-order valence-corrected chi connectivity index (χ3v) is 6.52. The SMILES string of the molecule is Cc1cc(C)c(NC(=O)COc2ccc(S(=O)(=O)NCc3ccccc3)cc2Cl)c(C)c1. The van der Waals surface area contributed by atoms with Crippen LogP contribution in [0.15, 0.2) is 65.6 Å². The fraction of sp³-hybridized carbons (Fsp3) is 0.208. The van der Waals surface area contributed by atoms with Gasteiger partial charge in [0.2, 0.25) is 10.0 Å². The normalized spacial score (nSPS) is 11.2. The minimum atomic E-state index is -3.75. The summed E-state index contributed by atoms with van der Waals surface area (Å²) in [5.74, 6) is -0.112. The fourth-order valence-electron chi connectivity index (χ4n) is 3.32. The Morgan fingerprint density at radius 3 is 2.25 bits per heavy atom. The molecule has 1 amide bonds. The molecule has 0 aliphatic heterocycles. The molecule has 32 heavy (non-hydrogen) atoms. The number of amides is 1. The zero-order valence-electron chi connectivity index (χ0n) is 18.1. The number of benzene rings is 3. The van der Waals surface area contributed by atoms with Crippen LogP contribution in [0.5, 0.6) is 5.75 Å². The van der Waals surface area contributed by atoms with Gasteiger partial charge in [0.1, 0.15) is 5.75 Å². The van der Waals surface area contributed by atoms with E-state index in [0.29, 0.717) is 0 Å². The summed E-state index contributed by atoms with van der Waals surface area (Å²) in [4.78, 5) is 12.4. The second-order valence-corrected chi connectivity index (χ2v) is 9.69. The van der Waals surface area contributed by atoms with Crippen molar-refractivity contribution in [2.75, 3.05) is 11.9 Å². The molecule has 0 fully saturated rings. The van der Waals surface area contributed by atoms with Crippen LogP contribution in [0.3, 0.4) is 0 Å². The zero-order chi connectivity index (χ0) is 23.3. The zero-order valence-corrected chi connectivity index (χ0v) is 19.7. The molecule has 0 aliphatic carbocycles. The molecular weight excluding hydrogens is 448 g/mol. The Morgan fingerprint density at radius 2 is 1.62 bits per heavy atom. The maximum absolute atomic E-state index is 12.6. The molecule has 0 unspecified atom stereocenters. The van der Waals surface area contributed by atoms with E-state index >= 15 is 0 Å². The number of rotatable bonds is 8. The van der Waals surface area contributed by atoms with Gasteiger partial charge in [0.25, 0.3) is 5.91 Å². The molecule has 0 spiro atoms. The van der Waals surface area contributed by atoms with Gasteiger partial charge in [0, 0.05) is 12.2 Å². The lowest BCUT2D eigenvalue weighted by molar-refractivity contribution is -0.118. The van der Waals surface area contributed by atoms with Crippen LogP contribution in [0.1, 0.15) is 22.3 Å². The summed E-state index contributed by atoms with van der Waals surface area (Å²) >= 11 is 6.22. The Hall–Kier alpha value is -2.87. The second-order valence-electron chi connectivity index (χ2n) is 7.51. The Morgan fingerprint density at radius 1 is 0.969 bits per heavy atom. The lowest BCUT2D eigenvalue weighted by Gasteiger charge is -2.14. The number of hydrogen-bond donors (Lipinski definition) is 2. The molecule has 0 saturated carbocycles. The molecule has 3 rings (SSSR count). The minimum Gasteiger partial charge on any atom is -0.482 e. The average Bonchev–Trinajstić information content (AvgIpc) is 2.74. The van der Waals surface area contributed by atoms with Crippen LogP contribution in [0.2, 0.25) is 5.02 Å². The van der Waals surface area contributed by atoms with E-state index < -0.39 is 10.0 Å². The highest BCUT2D eigenvalue weighted by Gasteiger charge is 2.17. The predicted octanol–water partition coefficient (Wildman–Crippen LogP) is 4.76. The quantitative estimate of drug-likeness (QED) is 0.495. The molecule has 0 saturated heterocycles. The van der Waals surface area contributed by atoms with Gasteiger partial charge < -0.3 is 10.1 Å². The molecule has 168 valence electrons. The Kier molecular flexibility index (Phi) is 7.56. The number of ether oxygens (including phenoxy) is 1. The summed E-state index contributed by atoms with van der Waals surface area (Å²) in [7, 11) is -3.75. The number of hydrogen-bond acceptors (Lipinski definition) is 4. The predicted molar refractivity (Wildman–Crippen MR) is 127 cm³/mol. The van der Waals surface area contributed by atoms with E-state index in [1.54, 1.807) is 0 Å². The van der Waals surface area contributed by atoms with Gasteiger partial charge >= 0.3 is 0 Å². The van der Waals surface area contributed by atoms with Crippen LogP contribution in [0.4, 0.5) is 5.69 Å². The highest BCUT2D eigenvalue weighted by molar-refractivity contribution is 7.89. The van der Waals surface area contributed by atoms with Gasteiger partial charge in [0.15, 0.2) is 6.61 Å². The van der Waals surface area contributed by atoms with E-state index in [-0.39, 0.29) is 34.7 Å². The number of halogens is 1. The van der Waals surface area contributed by atoms with Gasteiger partial charge in [-0.3, -0.25) is 4.79 Å². The molecule has 0 bridgehead atoms. The van der Waals surface area contributed by atoms with Gasteiger partial charge in [-0.1, -0.05) is 59.6 Å². The lowest BCUT2D eigenvalue weighted by atomic mass is 10.1. The van der Waals surface area contributed by atoms with Gasteiger partial charge in [-0.25, -0.2) is 13.1 Å². The molecule has 0 heterocycles. The second kappa shape index (κ2) is 10.2. The lowest BCUT2D eigenvalue weighted by Crippen LogP contribution is -2.23. The van der Waals surface area contributed by atoms with Crippen LogP contribution in [-0.2, 0) is 21.4 Å². The minimum absolute atomic E-state index is 0.0149. The standard InChI is InChI=1S/C24H25ClN2O4S/c1-16-11-17(2)24(18(3)12-16)27-23(28)15-31-22-10-9-20(13-21(22)25)32(29,30)26-14-19-7-5-4-6-8-19/h4-13,26H,14-15H2,1-3H3,(H,27,28). The van der Waals surface area contributed by atoms with Gasteiger partial charge in [-0.05, 0) is 55.7 Å². The van der Waals surface area contributed by atoms with E-state index in [0.717, 1.165) is 27.9 Å². The summed E-state index contributed by atoms with van der Waals surface area (Å²) in [5, 5.41) is 2.95. The summed E-state index contributed by atoms with van der Waals surface area (Å²) in [6.07, 6.45) is 0. The molecule has 0 radical (unpaired) electrons. The summed E-state index contributed by atoms with van der Waals surface area (Å²) < 4.78 is 33.2. The van der Waals surface area contributed by atoms with Crippen molar-refractivity contribution in [1.82, 2.24) is 4.72 Å². The number of anilines is 1. The van der Waals surface area contributed by atoms with Gasteiger partial charge in [-0.2, -0.15) is 0 Å². The first-order chi connectivity index (χ1) is 15.2. The van der Waals surface area contributed by atoms with Crippen LogP contribution < -0.4 is 14.8 Å². The smallest absolute Gasteiger partial charge is 0.262 e. The van der Waals surface area contributed by atoms with Crippen LogP contribution in [0.25, 0.3) is 0 Å². The number of carbonyl (C=O) groups is 1. The first-order valence-electron chi connectivity index (χ1n) is 9.99. The van der Waals surface area contributed by atoms with E-state index in [1.165, 1.54) is 18.2 Å². The maximum atomic E-state index is 12.6. The summed E-state index contributed by atoms with van der Waals surface area (Å²) in [6.45, 7) is 5.76. The molecular formula is C24H25ClN2O4S. The Labute approximate surface area is 193 Å². The molecule has 6 nitrogen and oxygen atoms in total. The van der Waals surface area contributed by atoms with Crippen molar-refractivity contribution < 1.29 is 17.9 Å². The monoisotopic (exact) mass is 472 g/mol. The summed E-state index contributed by atoms with van der Waals surface area (Å²) in [5.41, 5.74) is 4.64. The largest absolute Gasteiger partial charge is 0.482 e. The molecule has 0 aliphatic rings. The molecule has 0 atom stereocenters. The molecule has 8 heteroatoms. The highest BCUT2D eigenvalue weighted by atomic mass is 35.5. The summed E-state index contributed by atoms with van der Waals surface area (Å²) in [6, 6.07) is 17.3. The van der Waals surface area contributed by atoms with Crippen molar-refractivity contribution in [1.29, 1.82) is 0 Å². The Balaban J connectivity index is 1.62. The highest BCUT2D eigenvalue weighted by Crippen LogP contribution is 2.28. The van der Waals surface area contributed by atoms with Crippen molar-refractivity contribution in [2.24, 2.45) is 0 Å². The molecule has 2 N–H and O–H groups in total. The van der Waals surface area contributed by atoms with Crippen molar-refractivity contribution in [2.45, 2.75) is 32.2 Å². The van der Waals surface area contributed by atoms with Crippen molar-refractivity contribution >= 4 is 33.2 Å². The first kappa shape index (κ1) is 23.8. The van der Waals surface area contributed by atoms with E-state index in [4.69, 9.17) is 16.3 Å². The number of carbonyl (C=O) groups excluding carboxylic acids is 1. The van der Waals surface area contributed by atoms with E-state index in [1.807, 2.05) is 63.2 Å². The van der Waals surface area contributed by atoms with Gasteiger partial charge in [0.05, 0.1) is 9.92 Å². The first-order valence-corrected chi connectivity index (χ1v) is 11.9. The molecule has 3 aromatic carbocycles. The number of sulfonamides is 1. The van der Waals surface area contributed by atoms with E-state index in [9.17, 15) is 13.2 Å². The Bertz CT molecular complexity index is 1200. The third-order valence-electron chi connectivity index (χ3n) is 4.82. The van der Waals surface area contributed by atoms with Crippen LogP contribution in [0, 0.1) is 20.8 Å². The average molecular weight is 473 g/mol. The van der Waals surface area contributed by atoms with E-state index in [2.05, 4.69) is 10.0 Å². The maximum Gasteiger partial charge on any atom is 0.262 e.